The second-order valence-corrected chi connectivity index (χ2v) is 5.41. The van der Waals surface area contributed by atoms with Gasteiger partial charge in [-0.05, 0) is 41.1 Å². The Labute approximate surface area is 132 Å². The molecule has 0 saturated carbocycles. The number of rotatable bonds is 4. The Bertz CT molecular complexity index is 677. The van der Waals surface area contributed by atoms with Gasteiger partial charge in [-0.1, -0.05) is 17.7 Å². The minimum atomic E-state index is -0.150. The quantitative estimate of drug-likeness (QED) is 0.850. The lowest BCUT2D eigenvalue weighted by molar-refractivity contribution is 0.0986. The fourth-order valence-corrected chi connectivity index (χ4v) is 2.35. The zero-order valence-corrected chi connectivity index (χ0v) is 13.2. The van der Waals surface area contributed by atoms with Crippen LogP contribution < -0.4 is 4.90 Å². The highest BCUT2D eigenvalue weighted by Crippen LogP contribution is 2.22. The third kappa shape index (κ3) is 3.67. The summed E-state index contributed by atoms with van der Waals surface area (Å²) in [5, 5.41) is 8.81. The Hall–Kier alpha value is -2.19. The normalized spacial score (nSPS) is 9.95. The van der Waals surface area contributed by atoms with E-state index in [1.54, 1.807) is 23.4 Å². The van der Waals surface area contributed by atoms with E-state index < -0.39 is 0 Å². The van der Waals surface area contributed by atoms with E-state index in [4.69, 9.17) is 5.26 Å². The number of hydrogen-bond acceptors (Lipinski definition) is 3. The van der Waals surface area contributed by atoms with Gasteiger partial charge in [-0.25, -0.2) is 0 Å². The van der Waals surface area contributed by atoms with E-state index in [2.05, 4.69) is 27.0 Å². The first kappa shape index (κ1) is 15.2. The highest BCUT2D eigenvalue weighted by Gasteiger charge is 2.19. The van der Waals surface area contributed by atoms with Gasteiger partial charge < -0.3 is 4.90 Å². The van der Waals surface area contributed by atoms with E-state index in [1.165, 1.54) is 0 Å². The smallest absolute Gasteiger partial charge is 0.259 e. The van der Waals surface area contributed by atoms with Crippen molar-refractivity contribution in [3.63, 3.8) is 0 Å². The Morgan fingerprint density at radius 3 is 2.67 bits per heavy atom. The van der Waals surface area contributed by atoms with Gasteiger partial charge in [0.2, 0.25) is 0 Å². The van der Waals surface area contributed by atoms with Gasteiger partial charge >= 0.3 is 0 Å². The van der Waals surface area contributed by atoms with Crippen LogP contribution in [-0.4, -0.2) is 17.4 Å². The van der Waals surface area contributed by atoms with Gasteiger partial charge in [0.15, 0.2) is 0 Å². The lowest BCUT2D eigenvalue weighted by Crippen LogP contribution is -2.32. The maximum Gasteiger partial charge on any atom is 0.259 e. The van der Waals surface area contributed by atoms with Crippen molar-refractivity contribution in [3.8, 4) is 6.07 Å². The van der Waals surface area contributed by atoms with Gasteiger partial charge in [-0.2, -0.15) is 5.26 Å². The molecule has 0 aliphatic rings. The van der Waals surface area contributed by atoms with Crippen LogP contribution in [-0.2, 0) is 0 Å². The summed E-state index contributed by atoms with van der Waals surface area (Å²) < 4.78 is 0.643. The van der Waals surface area contributed by atoms with Crippen molar-refractivity contribution >= 4 is 27.5 Å². The molecule has 0 unspecified atom stereocenters. The number of aromatic nitrogens is 1. The summed E-state index contributed by atoms with van der Waals surface area (Å²) in [7, 11) is 0. The number of amides is 1. The maximum atomic E-state index is 12.7. The van der Waals surface area contributed by atoms with Gasteiger partial charge in [0.25, 0.3) is 5.91 Å². The Morgan fingerprint density at radius 1 is 1.33 bits per heavy atom. The zero-order chi connectivity index (χ0) is 15.2. The van der Waals surface area contributed by atoms with Crippen LogP contribution in [0.15, 0.2) is 47.2 Å². The fourth-order valence-electron chi connectivity index (χ4n) is 1.93. The van der Waals surface area contributed by atoms with Gasteiger partial charge in [0, 0.05) is 29.1 Å². The summed E-state index contributed by atoms with van der Waals surface area (Å²) in [4.78, 5) is 18.3. The summed E-state index contributed by atoms with van der Waals surface area (Å²) >= 11 is 3.34. The Morgan fingerprint density at radius 2 is 2.05 bits per heavy atom. The first-order valence-corrected chi connectivity index (χ1v) is 7.28. The molecule has 0 spiro atoms. The molecular weight excluding hydrogens is 330 g/mol. The molecule has 106 valence electrons. The third-order valence-electron chi connectivity index (χ3n) is 3.04. The van der Waals surface area contributed by atoms with Crippen LogP contribution in [0.3, 0.4) is 0 Å². The van der Waals surface area contributed by atoms with Crippen molar-refractivity contribution in [2.24, 2.45) is 0 Å². The standard InChI is InChI=1S/C16H14BrN3O/c1-12-3-5-13(6-4-12)20(10-2-8-18)16(21)14-7-9-19-11-15(14)17/h3-7,9,11H,2,10H2,1H3. The summed E-state index contributed by atoms with van der Waals surface area (Å²) in [6.07, 6.45) is 3.45. The highest BCUT2D eigenvalue weighted by molar-refractivity contribution is 9.10. The van der Waals surface area contributed by atoms with Gasteiger partial charge in [0.05, 0.1) is 18.1 Å². The van der Waals surface area contributed by atoms with Gasteiger partial charge in [-0.3, -0.25) is 9.78 Å². The number of halogens is 1. The molecule has 1 heterocycles. The summed E-state index contributed by atoms with van der Waals surface area (Å²) in [6.45, 7) is 2.35. The molecule has 0 fully saturated rings. The van der Waals surface area contributed by atoms with E-state index >= 15 is 0 Å². The first-order valence-electron chi connectivity index (χ1n) is 6.48. The Balaban J connectivity index is 2.36. The van der Waals surface area contributed by atoms with Crippen LogP contribution in [0, 0.1) is 18.3 Å². The van der Waals surface area contributed by atoms with E-state index in [0.29, 0.717) is 16.6 Å². The van der Waals surface area contributed by atoms with Crippen LogP contribution in [0.2, 0.25) is 0 Å². The predicted octanol–water partition coefficient (Wildman–Crippen LogP) is 3.71. The summed E-state index contributed by atoms with van der Waals surface area (Å²) in [6, 6.07) is 11.4. The lowest BCUT2D eigenvalue weighted by Gasteiger charge is -2.22. The largest absolute Gasteiger partial charge is 0.307 e. The predicted molar refractivity (Wildman–Crippen MR) is 85.0 cm³/mol. The molecule has 5 heteroatoms. The molecule has 0 atom stereocenters. The topological polar surface area (TPSA) is 57.0 Å². The van der Waals surface area contributed by atoms with Crippen LogP contribution in [0.1, 0.15) is 22.3 Å². The van der Waals surface area contributed by atoms with Crippen molar-refractivity contribution in [1.29, 1.82) is 5.26 Å². The molecule has 0 saturated heterocycles. The van der Waals surface area contributed by atoms with E-state index in [0.717, 1.165) is 11.3 Å². The number of nitrogens with zero attached hydrogens (tertiary/aromatic N) is 3. The second kappa shape index (κ2) is 7.00. The van der Waals surface area contributed by atoms with Crippen molar-refractivity contribution in [2.45, 2.75) is 13.3 Å². The van der Waals surface area contributed by atoms with Gasteiger partial charge in [0.1, 0.15) is 0 Å². The molecule has 1 aromatic carbocycles. The number of carbonyl (C=O) groups is 1. The van der Waals surface area contributed by atoms with Crippen LogP contribution in [0.5, 0.6) is 0 Å². The molecule has 4 nitrogen and oxygen atoms in total. The van der Waals surface area contributed by atoms with Crippen molar-refractivity contribution < 1.29 is 4.79 Å². The molecule has 0 radical (unpaired) electrons. The minimum absolute atomic E-state index is 0.150. The number of hydrogen-bond donors (Lipinski definition) is 0. The van der Waals surface area contributed by atoms with Crippen molar-refractivity contribution in [3.05, 3.63) is 58.3 Å². The lowest BCUT2D eigenvalue weighted by atomic mass is 10.1. The summed E-state index contributed by atoms with van der Waals surface area (Å²) in [5.41, 5.74) is 2.43. The minimum Gasteiger partial charge on any atom is -0.307 e. The van der Waals surface area contributed by atoms with E-state index in [-0.39, 0.29) is 12.3 Å². The number of anilines is 1. The monoisotopic (exact) mass is 343 g/mol. The SMILES string of the molecule is Cc1ccc(N(CCC#N)C(=O)c2ccncc2Br)cc1. The molecule has 2 aromatic rings. The molecule has 0 aliphatic heterocycles. The number of benzene rings is 1. The van der Waals surface area contributed by atoms with Crippen molar-refractivity contribution in [1.82, 2.24) is 4.98 Å². The molecule has 2 rings (SSSR count). The molecular formula is C16H14BrN3O. The third-order valence-corrected chi connectivity index (χ3v) is 3.67. The average Bonchev–Trinajstić information content (AvgIpc) is 2.49. The first-order chi connectivity index (χ1) is 10.1. The molecule has 1 amide bonds. The molecule has 0 N–H and O–H groups in total. The number of aryl methyl sites for hydroxylation is 1. The second-order valence-electron chi connectivity index (χ2n) is 4.56. The number of nitriles is 1. The number of carbonyl (C=O) groups excluding carboxylic acids is 1. The fraction of sp³-hybridized carbons (Fsp3) is 0.188. The highest BCUT2D eigenvalue weighted by atomic mass is 79.9. The van der Waals surface area contributed by atoms with Crippen LogP contribution >= 0.6 is 15.9 Å². The average molecular weight is 344 g/mol. The molecule has 0 bridgehead atoms. The zero-order valence-electron chi connectivity index (χ0n) is 11.6. The maximum absolute atomic E-state index is 12.7. The molecule has 1 aromatic heterocycles. The number of pyridine rings is 1. The molecule has 21 heavy (non-hydrogen) atoms. The molecule has 0 aliphatic carbocycles. The van der Waals surface area contributed by atoms with Gasteiger partial charge in [-0.15, -0.1) is 0 Å². The van der Waals surface area contributed by atoms with E-state index in [9.17, 15) is 4.79 Å². The van der Waals surface area contributed by atoms with Crippen molar-refractivity contribution in [2.75, 3.05) is 11.4 Å². The van der Waals surface area contributed by atoms with Crippen LogP contribution in [0.25, 0.3) is 0 Å². The Kier molecular flexibility index (Phi) is 5.07. The van der Waals surface area contributed by atoms with E-state index in [1.807, 2.05) is 31.2 Å². The van der Waals surface area contributed by atoms with Crippen LogP contribution in [0.4, 0.5) is 5.69 Å². The summed E-state index contributed by atoms with van der Waals surface area (Å²) in [5.74, 6) is -0.150.